The number of likely N-dealkylation sites (tertiary alicyclic amines) is 1. The Bertz CT molecular complexity index is 584. The van der Waals surface area contributed by atoms with E-state index in [4.69, 9.17) is 5.11 Å². The summed E-state index contributed by atoms with van der Waals surface area (Å²) in [5.41, 5.74) is 0.223. The van der Waals surface area contributed by atoms with E-state index in [1.165, 1.54) is 44.7 Å². The second-order valence-corrected chi connectivity index (χ2v) is 7.52. The first-order chi connectivity index (χ1) is 12.1. The summed E-state index contributed by atoms with van der Waals surface area (Å²) in [5, 5.41) is 13.1. The van der Waals surface area contributed by atoms with Gasteiger partial charge in [0.05, 0.1) is 17.8 Å². The maximum atomic E-state index is 12.4. The molecule has 138 valence electrons. The van der Waals surface area contributed by atoms with Crippen LogP contribution in [0.25, 0.3) is 0 Å². The van der Waals surface area contributed by atoms with Gasteiger partial charge in [-0.3, -0.25) is 9.48 Å². The van der Waals surface area contributed by atoms with Gasteiger partial charge in [-0.15, -0.1) is 0 Å². The summed E-state index contributed by atoms with van der Waals surface area (Å²) in [5.74, 6) is 0.174. The molecule has 1 aromatic rings. The lowest BCUT2D eigenvalue weighted by molar-refractivity contribution is -0.132. The van der Waals surface area contributed by atoms with Gasteiger partial charge >= 0.3 is 5.97 Å². The van der Waals surface area contributed by atoms with Crippen LogP contribution in [0.3, 0.4) is 0 Å². The lowest BCUT2D eigenvalue weighted by Gasteiger charge is -2.32. The normalized spacial score (nSPS) is 19.9. The molecule has 0 radical (unpaired) electrons. The van der Waals surface area contributed by atoms with Gasteiger partial charge in [0.25, 0.3) is 0 Å². The van der Waals surface area contributed by atoms with E-state index in [9.17, 15) is 9.59 Å². The van der Waals surface area contributed by atoms with Crippen molar-refractivity contribution in [3.63, 3.8) is 0 Å². The van der Waals surface area contributed by atoms with E-state index >= 15 is 0 Å². The number of hydrogen-bond donors (Lipinski definition) is 1. The number of amides is 1. The number of rotatable bonds is 6. The highest BCUT2D eigenvalue weighted by atomic mass is 16.4. The molecule has 3 rings (SSSR count). The highest BCUT2D eigenvalue weighted by Crippen LogP contribution is 2.28. The third-order valence-electron chi connectivity index (χ3n) is 5.77. The predicted octanol–water partition coefficient (Wildman–Crippen LogP) is 3.50. The molecule has 2 fully saturated rings. The molecular formula is C19H29N3O3. The van der Waals surface area contributed by atoms with Crippen LogP contribution in [-0.4, -0.2) is 44.8 Å². The van der Waals surface area contributed by atoms with Crippen LogP contribution in [0.5, 0.6) is 0 Å². The van der Waals surface area contributed by atoms with Crippen LogP contribution in [-0.2, 0) is 4.79 Å². The number of carbonyl (C=O) groups excluding carboxylic acids is 1. The Morgan fingerprint density at radius 1 is 1.12 bits per heavy atom. The van der Waals surface area contributed by atoms with E-state index < -0.39 is 5.97 Å². The largest absolute Gasteiger partial charge is 0.478 e. The van der Waals surface area contributed by atoms with E-state index in [2.05, 4.69) is 5.10 Å². The topological polar surface area (TPSA) is 75.4 Å². The summed E-state index contributed by atoms with van der Waals surface area (Å²) >= 11 is 0. The number of carboxylic acids is 1. The predicted molar refractivity (Wildman–Crippen MR) is 94.5 cm³/mol. The molecule has 0 atom stereocenters. The van der Waals surface area contributed by atoms with Crippen LogP contribution in [0.4, 0.5) is 0 Å². The van der Waals surface area contributed by atoms with Crippen LogP contribution < -0.4 is 0 Å². The molecule has 0 unspecified atom stereocenters. The third kappa shape index (κ3) is 4.83. The molecule has 1 saturated heterocycles. The van der Waals surface area contributed by atoms with Gasteiger partial charge in [0, 0.05) is 25.7 Å². The van der Waals surface area contributed by atoms with Crippen LogP contribution >= 0.6 is 0 Å². The summed E-state index contributed by atoms with van der Waals surface area (Å²) in [4.78, 5) is 25.3. The van der Waals surface area contributed by atoms with Gasteiger partial charge in [-0.2, -0.15) is 5.10 Å². The fourth-order valence-corrected chi connectivity index (χ4v) is 4.20. The van der Waals surface area contributed by atoms with E-state index in [1.807, 2.05) is 4.90 Å². The minimum Gasteiger partial charge on any atom is -0.478 e. The lowest BCUT2D eigenvalue weighted by Crippen LogP contribution is -2.39. The molecular weight excluding hydrogens is 318 g/mol. The highest BCUT2D eigenvalue weighted by molar-refractivity contribution is 5.86. The summed E-state index contributed by atoms with van der Waals surface area (Å²) in [6.45, 7) is 1.49. The summed E-state index contributed by atoms with van der Waals surface area (Å²) in [6, 6.07) is 0.194. The van der Waals surface area contributed by atoms with Crippen molar-refractivity contribution in [2.75, 3.05) is 13.1 Å². The van der Waals surface area contributed by atoms with Gasteiger partial charge in [0.15, 0.2) is 0 Å². The van der Waals surface area contributed by atoms with Crippen molar-refractivity contribution in [3.05, 3.63) is 18.0 Å². The molecule has 1 amide bonds. The van der Waals surface area contributed by atoms with E-state index in [-0.39, 0.29) is 17.5 Å². The van der Waals surface area contributed by atoms with E-state index in [0.29, 0.717) is 6.42 Å². The summed E-state index contributed by atoms with van der Waals surface area (Å²) in [6.07, 6.45) is 14.4. The van der Waals surface area contributed by atoms with Gasteiger partial charge in [-0.25, -0.2) is 4.79 Å². The molecule has 1 saturated carbocycles. The van der Waals surface area contributed by atoms with Gasteiger partial charge in [0.2, 0.25) is 5.91 Å². The summed E-state index contributed by atoms with van der Waals surface area (Å²) < 4.78 is 1.74. The van der Waals surface area contributed by atoms with Crippen LogP contribution in [0, 0.1) is 5.92 Å². The molecule has 6 nitrogen and oxygen atoms in total. The SMILES string of the molecule is O=C(O)c1cnn(C2CCN(C(=O)CCCC3CCCCC3)CC2)c1. The number of piperidine rings is 1. The number of carbonyl (C=O) groups is 2. The average Bonchev–Trinajstić information content (AvgIpc) is 3.13. The maximum Gasteiger partial charge on any atom is 0.338 e. The number of aromatic nitrogens is 2. The van der Waals surface area contributed by atoms with Crippen LogP contribution in [0.15, 0.2) is 12.4 Å². The molecule has 25 heavy (non-hydrogen) atoms. The molecule has 1 aliphatic carbocycles. The second-order valence-electron chi connectivity index (χ2n) is 7.52. The third-order valence-corrected chi connectivity index (χ3v) is 5.77. The Balaban J connectivity index is 1.38. The maximum absolute atomic E-state index is 12.4. The first-order valence-electron chi connectivity index (χ1n) is 9.68. The zero-order valence-corrected chi connectivity index (χ0v) is 14.9. The molecule has 1 N–H and O–H groups in total. The van der Waals surface area contributed by atoms with Gasteiger partial charge in [-0.05, 0) is 31.6 Å². The van der Waals surface area contributed by atoms with Crippen LogP contribution in [0.2, 0.25) is 0 Å². The van der Waals surface area contributed by atoms with E-state index in [1.54, 1.807) is 10.9 Å². The van der Waals surface area contributed by atoms with Crippen LogP contribution in [0.1, 0.15) is 80.6 Å². The fraction of sp³-hybridized carbons (Fsp3) is 0.737. The lowest BCUT2D eigenvalue weighted by atomic mass is 9.86. The van der Waals surface area contributed by atoms with Crippen molar-refractivity contribution in [2.24, 2.45) is 5.92 Å². The van der Waals surface area contributed by atoms with Crippen molar-refractivity contribution < 1.29 is 14.7 Å². The molecule has 0 spiro atoms. The van der Waals surface area contributed by atoms with Gasteiger partial charge < -0.3 is 10.0 Å². The van der Waals surface area contributed by atoms with Crippen molar-refractivity contribution >= 4 is 11.9 Å². The first kappa shape index (κ1) is 18.0. The Morgan fingerprint density at radius 3 is 2.48 bits per heavy atom. The zero-order valence-electron chi connectivity index (χ0n) is 14.9. The number of aromatic carboxylic acids is 1. The van der Waals surface area contributed by atoms with Crippen molar-refractivity contribution in [1.82, 2.24) is 14.7 Å². The monoisotopic (exact) mass is 347 g/mol. The second kappa shape index (κ2) is 8.50. The smallest absolute Gasteiger partial charge is 0.338 e. The Kier molecular flexibility index (Phi) is 6.10. The number of carboxylic acid groups (broad SMARTS) is 1. The number of nitrogens with zero attached hydrogens (tertiary/aromatic N) is 3. The molecule has 0 aromatic carbocycles. The van der Waals surface area contributed by atoms with Crippen molar-refractivity contribution in [3.8, 4) is 0 Å². The molecule has 6 heteroatoms. The highest BCUT2D eigenvalue weighted by Gasteiger charge is 2.25. The molecule has 2 heterocycles. The zero-order chi connectivity index (χ0) is 17.6. The molecule has 0 bridgehead atoms. The Morgan fingerprint density at radius 2 is 1.84 bits per heavy atom. The molecule has 1 aliphatic heterocycles. The Hall–Kier alpha value is -1.85. The van der Waals surface area contributed by atoms with Crippen molar-refractivity contribution in [2.45, 2.75) is 70.3 Å². The standard InChI is InChI=1S/C19H29N3O3/c23-18(8-4-7-15-5-2-1-3-6-15)21-11-9-17(10-12-21)22-14-16(13-20-22)19(24)25/h13-15,17H,1-12H2,(H,24,25). The molecule has 1 aromatic heterocycles. The number of hydrogen-bond acceptors (Lipinski definition) is 3. The quantitative estimate of drug-likeness (QED) is 0.854. The molecule has 2 aliphatic rings. The first-order valence-corrected chi connectivity index (χ1v) is 9.68. The minimum absolute atomic E-state index is 0.194. The Labute approximate surface area is 149 Å². The fourth-order valence-electron chi connectivity index (χ4n) is 4.20. The minimum atomic E-state index is -0.947. The summed E-state index contributed by atoms with van der Waals surface area (Å²) in [7, 11) is 0. The van der Waals surface area contributed by atoms with Gasteiger partial charge in [-0.1, -0.05) is 32.1 Å². The average molecular weight is 347 g/mol. The van der Waals surface area contributed by atoms with Crippen molar-refractivity contribution in [1.29, 1.82) is 0 Å². The van der Waals surface area contributed by atoms with E-state index in [0.717, 1.165) is 38.3 Å². The van der Waals surface area contributed by atoms with Gasteiger partial charge in [0.1, 0.15) is 0 Å².